The Kier molecular flexibility index (Phi) is 10.2. The van der Waals surface area contributed by atoms with Crippen LogP contribution >= 0.6 is 0 Å². The van der Waals surface area contributed by atoms with Crippen LogP contribution in [-0.4, -0.2) is 89.9 Å². The van der Waals surface area contributed by atoms with Gasteiger partial charge < -0.3 is 25.2 Å². The van der Waals surface area contributed by atoms with Gasteiger partial charge in [-0.15, -0.1) is 0 Å². The average molecular weight is 313 g/mol. The van der Waals surface area contributed by atoms with Gasteiger partial charge in [-0.1, -0.05) is 0 Å². The van der Waals surface area contributed by atoms with E-state index >= 15 is 0 Å². The first kappa shape index (κ1) is 19.2. The first-order valence-corrected chi connectivity index (χ1v) is 8.46. The summed E-state index contributed by atoms with van der Waals surface area (Å²) in [6, 6.07) is 0. The van der Waals surface area contributed by atoms with Crippen LogP contribution in [0.1, 0.15) is 19.3 Å². The van der Waals surface area contributed by atoms with E-state index in [-0.39, 0.29) is 0 Å². The Morgan fingerprint density at radius 3 is 2.86 bits per heavy atom. The fraction of sp³-hybridized carbons (Fsp3) is 0.938. The van der Waals surface area contributed by atoms with Crippen LogP contribution in [0.4, 0.5) is 0 Å². The molecule has 0 aromatic rings. The van der Waals surface area contributed by atoms with Gasteiger partial charge in [0, 0.05) is 53.5 Å². The second-order valence-electron chi connectivity index (χ2n) is 6.30. The van der Waals surface area contributed by atoms with E-state index in [1.54, 1.807) is 7.11 Å². The number of hydrogen-bond donors (Lipinski definition) is 2. The Balaban J connectivity index is 2.11. The molecule has 1 saturated heterocycles. The van der Waals surface area contributed by atoms with Crippen LogP contribution in [0.5, 0.6) is 0 Å². The van der Waals surface area contributed by atoms with Crippen molar-refractivity contribution in [2.75, 3.05) is 74.1 Å². The summed E-state index contributed by atoms with van der Waals surface area (Å²) in [6.07, 6.45) is 3.70. The van der Waals surface area contributed by atoms with Crippen molar-refractivity contribution in [3.8, 4) is 0 Å². The lowest BCUT2D eigenvalue weighted by Gasteiger charge is -2.30. The predicted octanol–water partition coefficient (Wildman–Crippen LogP) is 0.462. The van der Waals surface area contributed by atoms with Crippen LogP contribution in [0.3, 0.4) is 0 Å². The number of likely N-dealkylation sites (N-methyl/N-ethyl adjacent to an activating group) is 1. The van der Waals surface area contributed by atoms with E-state index in [4.69, 9.17) is 4.74 Å². The summed E-state index contributed by atoms with van der Waals surface area (Å²) in [5.41, 5.74) is 0. The largest absolute Gasteiger partial charge is 0.385 e. The van der Waals surface area contributed by atoms with Gasteiger partial charge in [-0.2, -0.15) is 0 Å². The highest BCUT2D eigenvalue weighted by molar-refractivity contribution is 5.79. The first-order chi connectivity index (χ1) is 10.7. The zero-order chi connectivity index (χ0) is 16.2. The number of nitrogens with zero attached hydrogens (tertiary/aromatic N) is 3. The van der Waals surface area contributed by atoms with Crippen molar-refractivity contribution >= 4 is 5.96 Å². The van der Waals surface area contributed by atoms with E-state index in [0.717, 1.165) is 51.1 Å². The lowest BCUT2D eigenvalue weighted by atomic mass is 9.99. The highest BCUT2D eigenvalue weighted by Crippen LogP contribution is 2.13. The van der Waals surface area contributed by atoms with Gasteiger partial charge in [0.25, 0.3) is 0 Å². The Bertz CT molecular complexity index is 311. The summed E-state index contributed by atoms with van der Waals surface area (Å²) >= 11 is 0. The van der Waals surface area contributed by atoms with Crippen molar-refractivity contribution in [2.24, 2.45) is 10.9 Å². The molecule has 2 N–H and O–H groups in total. The SMILES string of the molecule is CN=C(NCCN(C)CCCOC)NCC1CCCN(C)C1. The maximum Gasteiger partial charge on any atom is 0.191 e. The van der Waals surface area contributed by atoms with Crippen LogP contribution in [0, 0.1) is 5.92 Å². The summed E-state index contributed by atoms with van der Waals surface area (Å²) in [6.45, 7) is 7.25. The Hall–Kier alpha value is -0.850. The molecule has 0 radical (unpaired) electrons. The minimum Gasteiger partial charge on any atom is -0.385 e. The molecule has 0 aromatic carbocycles. The summed E-state index contributed by atoms with van der Waals surface area (Å²) in [7, 11) is 7.94. The molecular weight excluding hydrogens is 278 g/mol. The number of methoxy groups -OCH3 is 1. The van der Waals surface area contributed by atoms with Gasteiger partial charge in [-0.25, -0.2) is 0 Å². The third-order valence-electron chi connectivity index (χ3n) is 4.18. The maximum absolute atomic E-state index is 5.07. The fourth-order valence-corrected chi connectivity index (χ4v) is 2.86. The monoisotopic (exact) mass is 313 g/mol. The molecule has 1 aliphatic heterocycles. The van der Waals surface area contributed by atoms with Gasteiger partial charge in [0.05, 0.1) is 0 Å². The van der Waals surface area contributed by atoms with Crippen LogP contribution in [0.15, 0.2) is 4.99 Å². The number of hydrogen-bond acceptors (Lipinski definition) is 4. The van der Waals surface area contributed by atoms with E-state index in [9.17, 15) is 0 Å². The molecule has 6 heteroatoms. The molecule has 130 valence electrons. The van der Waals surface area contributed by atoms with E-state index in [1.807, 2.05) is 7.05 Å². The van der Waals surface area contributed by atoms with E-state index in [0.29, 0.717) is 0 Å². The normalized spacial score (nSPS) is 20.4. The molecule has 6 nitrogen and oxygen atoms in total. The molecule has 1 fully saturated rings. The molecule has 0 bridgehead atoms. The highest BCUT2D eigenvalue weighted by Gasteiger charge is 2.17. The number of nitrogens with one attached hydrogen (secondary N) is 2. The number of piperidine rings is 1. The summed E-state index contributed by atoms with van der Waals surface area (Å²) < 4.78 is 5.07. The summed E-state index contributed by atoms with van der Waals surface area (Å²) in [5, 5.41) is 6.85. The Morgan fingerprint density at radius 1 is 1.36 bits per heavy atom. The van der Waals surface area contributed by atoms with Crippen molar-refractivity contribution in [1.29, 1.82) is 0 Å². The molecule has 0 amide bonds. The van der Waals surface area contributed by atoms with Crippen LogP contribution in [-0.2, 0) is 4.74 Å². The predicted molar refractivity (Wildman–Crippen MR) is 93.6 cm³/mol. The van der Waals surface area contributed by atoms with E-state index < -0.39 is 0 Å². The molecule has 1 heterocycles. The fourth-order valence-electron chi connectivity index (χ4n) is 2.86. The minimum absolute atomic E-state index is 0.731. The quantitative estimate of drug-likeness (QED) is 0.368. The zero-order valence-electron chi connectivity index (χ0n) is 14.9. The molecule has 0 spiro atoms. The minimum atomic E-state index is 0.731. The number of guanidine groups is 1. The highest BCUT2D eigenvalue weighted by atomic mass is 16.5. The molecule has 1 rings (SSSR count). The summed E-state index contributed by atoms with van der Waals surface area (Å²) in [4.78, 5) is 9.04. The molecule has 0 aromatic heterocycles. The lowest BCUT2D eigenvalue weighted by Crippen LogP contribution is -2.45. The van der Waals surface area contributed by atoms with E-state index in [2.05, 4.69) is 39.5 Å². The summed E-state index contributed by atoms with van der Waals surface area (Å²) in [5.74, 6) is 1.65. The Labute approximate surface area is 136 Å². The first-order valence-electron chi connectivity index (χ1n) is 8.46. The van der Waals surface area contributed by atoms with Gasteiger partial charge in [-0.05, 0) is 45.8 Å². The third-order valence-corrected chi connectivity index (χ3v) is 4.18. The zero-order valence-corrected chi connectivity index (χ0v) is 14.9. The van der Waals surface area contributed by atoms with Crippen molar-refractivity contribution < 1.29 is 4.74 Å². The van der Waals surface area contributed by atoms with Gasteiger partial charge in [0.15, 0.2) is 5.96 Å². The molecule has 0 aliphatic carbocycles. The molecule has 1 unspecified atom stereocenters. The standard InChI is InChI=1S/C16H35N5O/c1-17-16(18-8-11-20(2)10-6-12-22-4)19-13-15-7-5-9-21(3)14-15/h15H,5-14H2,1-4H3,(H2,17,18,19). The Morgan fingerprint density at radius 2 is 2.18 bits per heavy atom. The van der Waals surface area contributed by atoms with Crippen LogP contribution in [0.2, 0.25) is 0 Å². The van der Waals surface area contributed by atoms with Crippen molar-refractivity contribution in [3.05, 3.63) is 0 Å². The number of likely N-dealkylation sites (tertiary alicyclic amines) is 1. The van der Waals surface area contributed by atoms with Crippen molar-refractivity contribution in [2.45, 2.75) is 19.3 Å². The lowest BCUT2D eigenvalue weighted by molar-refractivity contribution is 0.180. The number of rotatable bonds is 9. The van der Waals surface area contributed by atoms with Gasteiger partial charge in [0.2, 0.25) is 0 Å². The number of ether oxygens (including phenoxy) is 1. The maximum atomic E-state index is 5.07. The van der Waals surface area contributed by atoms with Gasteiger partial charge in [0.1, 0.15) is 0 Å². The molecular formula is C16H35N5O. The van der Waals surface area contributed by atoms with Crippen LogP contribution in [0.25, 0.3) is 0 Å². The second kappa shape index (κ2) is 11.7. The molecule has 1 aliphatic rings. The van der Waals surface area contributed by atoms with Gasteiger partial charge in [-0.3, -0.25) is 4.99 Å². The average Bonchev–Trinajstić information content (AvgIpc) is 2.51. The smallest absolute Gasteiger partial charge is 0.191 e. The second-order valence-corrected chi connectivity index (χ2v) is 6.30. The molecule has 1 atom stereocenters. The number of aliphatic imine (C=N–C) groups is 1. The molecule has 0 saturated carbocycles. The van der Waals surface area contributed by atoms with E-state index in [1.165, 1.54) is 25.9 Å². The van der Waals surface area contributed by atoms with Crippen molar-refractivity contribution in [1.82, 2.24) is 20.4 Å². The molecule has 22 heavy (non-hydrogen) atoms. The third kappa shape index (κ3) is 8.56. The topological polar surface area (TPSA) is 52.1 Å². The van der Waals surface area contributed by atoms with Crippen molar-refractivity contribution in [3.63, 3.8) is 0 Å². The van der Waals surface area contributed by atoms with Gasteiger partial charge >= 0.3 is 0 Å². The van der Waals surface area contributed by atoms with Crippen LogP contribution < -0.4 is 10.6 Å².